The lowest BCUT2D eigenvalue weighted by Crippen LogP contribution is -2.38. The number of carbonyl (C=O) groups excluding carboxylic acids is 1. The second-order valence-corrected chi connectivity index (χ2v) is 7.34. The Kier molecular flexibility index (Phi) is 3.83. The summed E-state index contributed by atoms with van der Waals surface area (Å²) in [5, 5.41) is 4.76. The van der Waals surface area contributed by atoms with Gasteiger partial charge in [0, 0.05) is 43.9 Å². The van der Waals surface area contributed by atoms with E-state index in [4.69, 9.17) is 0 Å². The lowest BCUT2D eigenvalue weighted by molar-refractivity contribution is 0.0722. The number of hydrogen-bond donors (Lipinski definition) is 1. The van der Waals surface area contributed by atoms with Gasteiger partial charge in [-0.15, -0.1) is 0 Å². The van der Waals surface area contributed by atoms with Gasteiger partial charge in [0.15, 0.2) is 0 Å². The van der Waals surface area contributed by atoms with Crippen LogP contribution in [0.2, 0.25) is 0 Å². The van der Waals surface area contributed by atoms with Gasteiger partial charge in [-0.25, -0.2) is 9.97 Å². The highest BCUT2D eigenvalue weighted by molar-refractivity contribution is 5.97. The maximum absolute atomic E-state index is 13.3. The monoisotopic (exact) mass is 389 g/mol. The zero-order chi connectivity index (χ0) is 20.1. The predicted octanol–water partition coefficient (Wildman–Crippen LogP) is 1.18. The number of carbonyl (C=O) groups is 1. The van der Waals surface area contributed by atoms with Crippen LogP contribution in [-0.4, -0.2) is 46.7 Å². The van der Waals surface area contributed by atoms with Gasteiger partial charge in [0.2, 0.25) is 0 Å². The molecule has 0 fully saturated rings. The second-order valence-electron chi connectivity index (χ2n) is 7.34. The molecule has 29 heavy (non-hydrogen) atoms. The Hall–Kier alpha value is -3.75. The van der Waals surface area contributed by atoms with Crippen molar-refractivity contribution in [3.05, 3.63) is 76.1 Å². The Morgan fingerprint density at radius 1 is 1.24 bits per heavy atom. The lowest BCUT2D eigenvalue weighted by Gasteiger charge is -2.31. The fraction of sp³-hybridized carbons (Fsp3) is 0.250. The van der Waals surface area contributed by atoms with E-state index in [1.54, 1.807) is 41.2 Å². The molecule has 0 bridgehead atoms. The standard InChI is InChI=1S/C20H19N7O2/c1-25-11-23-16-5-12(3-4-14(16)20(25)29)19(28)27-8-15(13-6-24-26(2)7-13)18-17(9-27)21-10-22-18/h3-7,10-11,15H,8-9H2,1-2H3,(H,21,22). The second kappa shape index (κ2) is 6.40. The molecule has 4 heterocycles. The van der Waals surface area contributed by atoms with Gasteiger partial charge in [-0.2, -0.15) is 5.10 Å². The number of aromatic amines is 1. The quantitative estimate of drug-likeness (QED) is 0.555. The normalized spacial score (nSPS) is 16.2. The molecule has 9 heteroatoms. The van der Waals surface area contributed by atoms with Crippen molar-refractivity contribution in [3.8, 4) is 0 Å². The maximum atomic E-state index is 13.3. The van der Waals surface area contributed by atoms with Gasteiger partial charge in [-0.05, 0) is 18.2 Å². The van der Waals surface area contributed by atoms with Gasteiger partial charge in [-0.3, -0.25) is 14.3 Å². The molecule has 0 saturated heterocycles. The van der Waals surface area contributed by atoms with Crippen molar-refractivity contribution in [2.24, 2.45) is 14.1 Å². The number of rotatable bonds is 2. The van der Waals surface area contributed by atoms with Crippen molar-refractivity contribution in [1.82, 2.24) is 34.2 Å². The molecule has 1 amide bonds. The molecule has 3 aromatic heterocycles. The van der Waals surface area contributed by atoms with E-state index in [0.717, 1.165) is 17.0 Å². The number of benzene rings is 1. The Bertz CT molecular complexity index is 1300. The number of nitrogens with zero attached hydrogens (tertiary/aromatic N) is 6. The summed E-state index contributed by atoms with van der Waals surface area (Å²) in [6.07, 6.45) is 6.90. The van der Waals surface area contributed by atoms with Crippen molar-refractivity contribution in [3.63, 3.8) is 0 Å². The number of amides is 1. The molecular weight excluding hydrogens is 370 g/mol. The van der Waals surface area contributed by atoms with Crippen LogP contribution in [0.15, 0.2) is 48.0 Å². The summed E-state index contributed by atoms with van der Waals surface area (Å²) >= 11 is 0. The minimum absolute atomic E-state index is 0.0477. The minimum atomic E-state index is -0.134. The van der Waals surface area contributed by atoms with E-state index in [-0.39, 0.29) is 17.4 Å². The number of fused-ring (bicyclic) bond motifs is 2. The summed E-state index contributed by atoms with van der Waals surface area (Å²) in [6.45, 7) is 0.956. The summed E-state index contributed by atoms with van der Waals surface area (Å²) in [5.41, 5.74) is 3.78. The van der Waals surface area contributed by atoms with Gasteiger partial charge in [0.05, 0.1) is 47.7 Å². The van der Waals surface area contributed by atoms with E-state index in [2.05, 4.69) is 20.1 Å². The summed E-state index contributed by atoms with van der Waals surface area (Å²) in [4.78, 5) is 39.2. The van der Waals surface area contributed by atoms with Crippen LogP contribution in [0.1, 0.15) is 33.2 Å². The molecule has 1 aromatic carbocycles. The maximum Gasteiger partial charge on any atom is 0.260 e. The average molecular weight is 389 g/mol. The molecule has 146 valence electrons. The van der Waals surface area contributed by atoms with E-state index in [1.807, 2.05) is 19.4 Å². The van der Waals surface area contributed by atoms with Crippen LogP contribution in [0.5, 0.6) is 0 Å². The number of H-pyrrole nitrogens is 1. The first-order chi connectivity index (χ1) is 14.0. The zero-order valence-electron chi connectivity index (χ0n) is 16.0. The van der Waals surface area contributed by atoms with Gasteiger partial charge >= 0.3 is 0 Å². The molecule has 1 unspecified atom stereocenters. The Morgan fingerprint density at radius 3 is 2.90 bits per heavy atom. The number of hydrogen-bond acceptors (Lipinski definition) is 5. The minimum Gasteiger partial charge on any atom is -0.347 e. The van der Waals surface area contributed by atoms with Crippen molar-refractivity contribution < 1.29 is 4.79 Å². The highest BCUT2D eigenvalue weighted by Crippen LogP contribution is 2.32. The number of aromatic nitrogens is 6. The zero-order valence-corrected chi connectivity index (χ0v) is 16.0. The van der Waals surface area contributed by atoms with E-state index in [1.165, 1.54) is 10.9 Å². The van der Waals surface area contributed by atoms with Crippen molar-refractivity contribution >= 4 is 16.8 Å². The van der Waals surface area contributed by atoms with Gasteiger partial charge < -0.3 is 14.5 Å². The topological polar surface area (TPSA) is 102 Å². The third-order valence-electron chi connectivity index (χ3n) is 5.41. The largest absolute Gasteiger partial charge is 0.347 e. The van der Waals surface area contributed by atoms with Crippen LogP contribution in [-0.2, 0) is 20.6 Å². The Balaban J connectivity index is 1.51. The predicted molar refractivity (Wildman–Crippen MR) is 105 cm³/mol. The number of imidazole rings is 1. The van der Waals surface area contributed by atoms with E-state index in [0.29, 0.717) is 29.6 Å². The molecule has 0 saturated carbocycles. The summed E-state index contributed by atoms with van der Waals surface area (Å²) in [6, 6.07) is 5.04. The highest BCUT2D eigenvalue weighted by atomic mass is 16.2. The SMILES string of the molecule is Cn1cc(C2CN(C(=O)c3ccc4c(=O)n(C)cnc4c3)Cc3[nH]cnc32)cn1. The third-order valence-corrected chi connectivity index (χ3v) is 5.41. The van der Waals surface area contributed by atoms with Crippen LogP contribution in [0, 0.1) is 0 Å². The fourth-order valence-corrected chi connectivity index (χ4v) is 3.89. The third kappa shape index (κ3) is 2.82. The first-order valence-electron chi connectivity index (χ1n) is 9.26. The van der Waals surface area contributed by atoms with Crippen molar-refractivity contribution in [2.45, 2.75) is 12.5 Å². The van der Waals surface area contributed by atoms with Crippen molar-refractivity contribution in [1.29, 1.82) is 0 Å². The number of nitrogens with one attached hydrogen (secondary N) is 1. The summed E-state index contributed by atoms with van der Waals surface area (Å²) in [5.74, 6) is -0.156. The average Bonchev–Trinajstić information content (AvgIpc) is 3.38. The molecule has 4 aromatic rings. The molecule has 0 radical (unpaired) electrons. The van der Waals surface area contributed by atoms with Crippen LogP contribution in [0.3, 0.4) is 0 Å². The molecular formula is C20H19N7O2. The smallest absolute Gasteiger partial charge is 0.260 e. The first kappa shape index (κ1) is 17.4. The first-order valence-corrected chi connectivity index (χ1v) is 9.26. The van der Waals surface area contributed by atoms with Crippen LogP contribution in [0.4, 0.5) is 0 Å². The molecule has 1 N–H and O–H groups in total. The molecule has 0 aliphatic carbocycles. The van der Waals surface area contributed by atoms with Crippen LogP contribution in [0.25, 0.3) is 10.9 Å². The van der Waals surface area contributed by atoms with Crippen LogP contribution < -0.4 is 5.56 Å². The molecule has 5 rings (SSSR count). The molecule has 0 spiro atoms. The van der Waals surface area contributed by atoms with Crippen molar-refractivity contribution in [2.75, 3.05) is 6.54 Å². The van der Waals surface area contributed by atoms with E-state index in [9.17, 15) is 9.59 Å². The van der Waals surface area contributed by atoms with E-state index < -0.39 is 0 Å². The molecule has 1 atom stereocenters. The Labute approximate surface area is 165 Å². The van der Waals surface area contributed by atoms with Crippen LogP contribution >= 0.6 is 0 Å². The highest BCUT2D eigenvalue weighted by Gasteiger charge is 2.32. The summed E-state index contributed by atoms with van der Waals surface area (Å²) in [7, 11) is 3.52. The molecule has 1 aliphatic rings. The van der Waals surface area contributed by atoms with Gasteiger partial charge in [0.1, 0.15) is 0 Å². The van der Waals surface area contributed by atoms with Gasteiger partial charge in [-0.1, -0.05) is 0 Å². The number of aryl methyl sites for hydroxylation is 2. The Morgan fingerprint density at radius 2 is 2.10 bits per heavy atom. The molecule has 1 aliphatic heterocycles. The summed E-state index contributed by atoms with van der Waals surface area (Å²) < 4.78 is 3.17. The molecule has 9 nitrogen and oxygen atoms in total. The lowest BCUT2D eigenvalue weighted by atomic mass is 9.92. The van der Waals surface area contributed by atoms with E-state index >= 15 is 0 Å². The van der Waals surface area contributed by atoms with Gasteiger partial charge in [0.25, 0.3) is 11.5 Å². The fourth-order valence-electron chi connectivity index (χ4n) is 3.89.